The van der Waals surface area contributed by atoms with Crippen LogP contribution in [0, 0.1) is 0 Å². The molecule has 2 heteroatoms. The lowest BCUT2D eigenvalue weighted by Crippen LogP contribution is -2.28. The van der Waals surface area contributed by atoms with Crippen molar-refractivity contribution in [2.24, 2.45) is 0 Å². The molecule has 0 radical (unpaired) electrons. The van der Waals surface area contributed by atoms with Gasteiger partial charge in [-0.05, 0) is 38.4 Å². The first-order chi connectivity index (χ1) is 7.77. The van der Waals surface area contributed by atoms with E-state index in [0.29, 0.717) is 0 Å². The van der Waals surface area contributed by atoms with Crippen LogP contribution in [0.1, 0.15) is 31.2 Å². The molecule has 1 aromatic carbocycles. The van der Waals surface area contributed by atoms with Gasteiger partial charge in [0.1, 0.15) is 5.78 Å². The molecule has 86 valence electrons. The number of carbonyl (C=O) groups is 1. The third-order valence-corrected chi connectivity index (χ3v) is 3.33. The fraction of sp³-hybridized carbons (Fsp3) is 0.500. The average molecular weight is 217 g/mol. The van der Waals surface area contributed by atoms with E-state index in [1.807, 2.05) is 18.2 Å². The summed E-state index contributed by atoms with van der Waals surface area (Å²) in [4.78, 5) is 14.1. The van der Waals surface area contributed by atoms with Crippen LogP contribution in [0.3, 0.4) is 0 Å². The topological polar surface area (TPSA) is 20.3 Å². The van der Waals surface area contributed by atoms with Gasteiger partial charge in [-0.1, -0.05) is 30.3 Å². The number of hydrogen-bond acceptors (Lipinski definition) is 2. The summed E-state index contributed by atoms with van der Waals surface area (Å²) in [6, 6.07) is 10.1. The van der Waals surface area contributed by atoms with E-state index < -0.39 is 0 Å². The molecule has 0 aliphatic carbocycles. The number of hydrogen-bond donors (Lipinski definition) is 0. The van der Waals surface area contributed by atoms with Gasteiger partial charge in [0.2, 0.25) is 0 Å². The zero-order valence-corrected chi connectivity index (χ0v) is 9.86. The Kier molecular flexibility index (Phi) is 3.73. The van der Waals surface area contributed by atoms with Crippen LogP contribution >= 0.6 is 0 Å². The predicted octanol–water partition coefficient (Wildman–Crippen LogP) is 2.46. The second-order valence-electron chi connectivity index (χ2n) is 4.58. The monoisotopic (exact) mass is 217 g/mol. The van der Waals surface area contributed by atoms with Crippen molar-refractivity contribution in [3.05, 3.63) is 35.9 Å². The SMILES string of the molecule is CC(=O)C(CN1CCCC1)c1ccccc1. The lowest BCUT2D eigenvalue weighted by Gasteiger charge is -2.21. The Morgan fingerprint density at radius 1 is 1.25 bits per heavy atom. The van der Waals surface area contributed by atoms with E-state index in [1.165, 1.54) is 12.8 Å². The van der Waals surface area contributed by atoms with Gasteiger partial charge in [-0.25, -0.2) is 0 Å². The van der Waals surface area contributed by atoms with Crippen molar-refractivity contribution in [3.63, 3.8) is 0 Å². The summed E-state index contributed by atoms with van der Waals surface area (Å²) in [7, 11) is 0. The third-order valence-electron chi connectivity index (χ3n) is 3.33. The van der Waals surface area contributed by atoms with Crippen LogP contribution in [0.25, 0.3) is 0 Å². The highest BCUT2D eigenvalue weighted by Gasteiger charge is 2.21. The quantitative estimate of drug-likeness (QED) is 0.772. The molecule has 1 aliphatic heterocycles. The number of benzene rings is 1. The molecule has 1 unspecified atom stereocenters. The Morgan fingerprint density at radius 3 is 2.44 bits per heavy atom. The maximum Gasteiger partial charge on any atom is 0.138 e. The highest BCUT2D eigenvalue weighted by molar-refractivity contribution is 5.83. The first-order valence-electron chi connectivity index (χ1n) is 6.05. The predicted molar refractivity (Wildman–Crippen MR) is 65.5 cm³/mol. The second-order valence-corrected chi connectivity index (χ2v) is 4.58. The van der Waals surface area contributed by atoms with Crippen molar-refractivity contribution >= 4 is 5.78 Å². The van der Waals surface area contributed by atoms with Crippen LogP contribution in [-0.4, -0.2) is 30.3 Å². The van der Waals surface area contributed by atoms with Crippen molar-refractivity contribution in [2.75, 3.05) is 19.6 Å². The van der Waals surface area contributed by atoms with Crippen molar-refractivity contribution in [3.8, 4) is 0 Å². The number of ketones is 1. The lowest BCUT2D eigenvalue weighted by atomic mass is 9.95. The standard InChI is InChI=1S/C14H19NO/c1-12(16)14(11-15-9-5-6-10-15)13-7-3-2-4-8-13/h2-4,7-8,14H,5-6,9-11H2,1H3. The molecular formula is C14H19NO. The molecule has 0 aromatic heterocycles. The van der Waals surface area contributed by atoms with Gasteiger partial charge in [-0.15, -0.1) is 0 Å². The average Bonchev–Trinajstić information content (AvgIpc) is 2.79. The van der Waals surface area contributed by atoms with Gasteiger partial charge in [0.05, 0.1) is 5.92 Å². The normalized spacial score (nSPS) is 18.6. The van der Waals surface area contributed by atoms with E-state index in [9.17, 15) is 4.79 Å². The fourth-order valence-electron chi connectivity index (χ4n) is 2.38. The summed E-state index contributed by atoms with van der Waals surface area (Å²) in [5.74, 6) is 0.331. The third kappa shape index (κ3) is 2.70. The summed E-state index contributed by atoms with van der Waals surface area (Å²) in [6.07, 6.45) is 2.55. The van der Waals surface area contributed by atoms with Crippen LogP contribution in [0.15, 0.2) is 30.3 Å². The minimum absolute atomic E-state index is 0.0549. The summed E-state index contributed by atoms with van der Waals surface area (Å²) in [5, 5.41) is 0. The minimum atomic E-state index is 0.0549. The molecule has 2 nitrogen and oxygen atoms in total. The van der Waals surface area contributed by atoms with Gasteiger partial charge in [0.15, 0.2) is 0 Å². The Morgan fingerprint density at radius 2 is 1.88 bits per heavy atom. The van der Waals surface area contributed by atoms with Crippen molar-refractivity contribution in [2.45, 2.75) is 25.7 Å². The first kappa shape index (κ1) is 11.3. The van der Waals surface area contributed by atoms with Crippen molar-refractivity contribution in [1.29, 1.82) is 0 Å². The van der Waals surface area contributed by atoms with Gasteiger partial charge in [0, 0.05) is 6.54 Å². The van der Waals surface area contributed by atoms with E-state index in [0.717, 1.165) is 25.2 Å². The summed E-state index contributed by atoms with van der Waals surface area (Å²) >= 11 is 0. The van der Waals surface area contributed by atoms with Crippen LogP contribution in [0.5, 0.6) is 0 Å². The summed E-state index contributed by atoms with van der Waals surface area (Å²) in [6.45, 7) is 4.89. The fourth-order valence-corrected chi connectivity index (χ4v) is 2.38. The lowest BCUT2D eigenvalue weighted by molar-refractivity contribution is -0.118. The van der Waals surface area contributed by atoms with Crippen molar-refractivity contribution in [1.82, 2.24) is 4.90 Å². The summed E-state index contributed by atoms with van der Waals surface area (Å²) < 4.78 is 0. The maximum atomic E-state index is 11.7. The van der Waals surface area contributed by atoms with Gasteiger partial charge in [-0.3, -0.25) is 4.79 Å². The Bertz CT molecular complexity index is 341. The molecule has 2 rings (SSSR count). The molecule has 0 N–H and O–H groups in total. The molecule has 16 heavy (non-hydrogen) atoms. The zero-order valence-electron chi connectivity index (χ0n) is 9.86. The molecule has 0 amide bonds. The van der Waals surface area contributed by atoms with Crippen LogP contribution < -0.4 is 0 Å². The molecule has 1 fully saturated rings. The minimum Gasteiger partial charge on any atom is -0.302 e. The summed E-state index contributed by atoms with van der Waals surface area (Å²) in [5.41, 5.74) is 1.15. The Balaban J connectivity index is 2.08. The Hall–Kier alpha value is -1.15. The van der Waals surface area contributed by atoms with E-state index in [1.54, 1.807) is 6.92 Å². The first-order valence-corrected chi connectivity index (χ1v) is 6.05. The number of carbonyl (C=O) groups excluding carboxylic acids is 1. The molecular weight excluding hydrogens is 198 g/mol. The van der Waals surface area contributed by atoms with Gasteiger partial charge < -0.3 is 4.90 Å². The van der Waals surface area contributed by atoms with Crippen LogP contribution in [0.4, 0.5) is 0 Å². The zero-order chi connectivity index (χ0) is 11.4. The second kappa shape index (κ2) is 5.26. The smallest absolute Gasteiger partial charge is 0.138 e. The van der Waals surface area contributed by atoms with E-state index in [4.69, 9.17) is 0 Å². The van der Waals surface area contributed by atoms with Gasteiger partial charge in [0.25, 0.3) is 0 Å². The van der Waals surface area contributed by atoms with Gasteiger partial charge in [-0.2, -0.15) is 0 Å². The largest absolute Gasteiger partial charge is 0.302 e. The molecule has 1 aliphatic rings. The molecule has 0 saturated carbocycles. The van der Waals surface area contributed by atoms with Crippen molar-refractivity contribution < 1.29 is 4.79 Å². The number of Topliss-reactive ketones (excluding diaryl/α,β-unsaturated/α-hetero) is 1. The number of rotatable bonds is 4. The van der Waals surface area contributed by atoms with Gasteiger partial charge >= 0.3 is 0 Å². The number of likely N-dealkylation sites (tertiary alicyclic amines) is 1. The molecule has 1 atom stereocenters. The maximum absolute atomic E-state index is 11.7. The highest BCUT2D eigenvalue weighted by atomic mass is 16.1. The molecule has 1 heterocycles. The number of nitrogens with zero attached hydrogens (tertiary/aromatic N) is 1. The molecule has 0 bridgehead atoms. The van der Waals surface area contributed by atoms with E-state index in [2.05, 4.69) is 17.0 Å². The Labute approximate surface area is 97.3 Å². The molecule has 0 spiro atoms. The van der Waals surface area contributed by atoms with E-state index in [-0.39, 0.29) is 11.7 Å². The molecule has 1 aromatic rings. The highest BCUT2D eigenvalue weighted by Crippen LogP contribution is 2.20. The van der Waals surface area contributed by atoms with E-state index >= 15 is 0 Å². The molecule has 1 saturated heterocycles. The van der Waals surface area contributed by atoms with Crippen LogP contribution in [0.2, 0.25) is 0 Å². The van der Waals surface area contributed by atoms with Crippen LogP contribution in [-0.2, 0) is 4.79 Å².